The summed E-state index contributed by atoms with van der Waals surface area (Å²) in [6, 6.07) is 17.6. The van der Waals surface area contributed by atoms with Crippen LogP contribution in [0.5, 0.6) is 17.2 Å². The van der Waals surface area contributed by atoms with Crippen LogP contribution < -0.4 is 14.2 Å². The van der Waals surface area contributed by atoms with Crippen LogP contribution in [0.25, 0.3) is 11.1 Å². The largest absolute Gasteiger partial charge is 0.497 e. The summed E-state index contributed by atoms with van der Waals surface area (Å²) in [6.07, 6.45) is 1.73. The van der Waals surface area contributed by atoms with E-state index in [9.17, 15) is 4.79 Å². The lowest BCUT2D eigenvalue weighted by atomic mass is 10.0. The first-order valence-corrected chi connectivity index (χ1v) is 11.0. The van der Waals surface area contributed by atoms with Crippen LogP contribution in [0.15, 0.2) is 65.8 Å². The maximum absolute atomic E-state index is 12.9. The Morgan fingerprint density at radius 3 is 2.77 bits per heavy atom. The van der Waals surface area contributed by atoms with Gasteiger partial charge in [-0.05, 0) is 47.5 Å². The molecule has 1 aliphatic rings. The molecule has 4 rings (SSSR count). The van der Waals surface area contributed by atoms with Crippen molar-refractivity contribution >= 4 is 17.7 Å². The summed E-state index contributed by atoms with van der Waals surface area (Å²) in [5.41, 5.74) is 2.91. The van der Waals surface area contributed by atoms with Gasteiger partial charge in [-0.15, -0.1) is 0 Å². The zero-order valence-corrected chi connectivity index (χ0v) is 18.4. The van der Waals surface area contributed by atoms with Crippen molar-refractivity contribution in [3.8, 4) is 28.4 Å². The Morgan fingerprint density at radius 2 is 2.00 bits per heavy atom. The van der Waals surface area contributed by atoms with E-state index in [2.05, 4.69) is 11.1 Å². The average Bonchev–Trinajstić information content (AvgIpc) is 3.05. The zero-order valence-electron chi connectivity index (χ0n) is 17.5. The van der Waals surface area contributed by atoms with Crippen LogP contribution in [0.1, 0.15) is 5.56 Å². The molecule has 160 valence electrons. The Labute approximate surface area is 186 Å². The molecule has 1 amide bonds. The summed E-state index contributed by atoms with van der Waals surface area (Å²) in [7, 11) is 3.28. The van der Waals surface area contributed by atoms with Crippen LogP contribution in [0.3, 0.4) is 0 Å². The Bertz CT molecular complexity index is 1060. The lowest BCUT2D eigenvalue weighted by molar-refractivity contribution is -0.129. The Hall–Kier alpha value is -3.19. The standard InChI is InChI=1S/C24H24N2O4S/c1-28-20-7-5-6-17(13-20)18-12-19-15-26(10-11-30-24(19)21(14-18)29-2)23(27)16-31-22-8-3-4-9-25-22/h3-9,12-14H,10-11,15-16H2,1-2H3. The quantitative estimate of drug-likeness (QED) is 0.538. The second-order valence-corrected chi connectivity index (χ2v) is 8.01. The van der Waals surface area contributed by atoms with Crippen molar-refractivity contribution in [1.29, 1.82) is 0 Å². The van der Waals surface area contributed by atoms with Gasteiger partial charge >= 0.3 is 0 Å². The lowest BCUT2D eigenvalue weighted by Gasteiger charge is -2.20. The Morgan fingerprint density at radius 1 is 1.10 bits per heavy atom. The molecule has 3 aromatic rings. The van der Waals surface area contributed by atoms with Crippen molar-refractivity contribution in [2.45, 2.75) is 11.6 Å². The number of rotatable bonds is 6. The number of aromatic nitrogens is 1. The average molecular weight is 437 g/mol. The van der Waals surface area contributed by atoms with E-state index < -0.39 is 0 Å². The molecule has 2 aromatic carbocycles. The van der Waals surface area contributed by atoms with E-state index in [4.69, 9.17) is 14.2 Å². The van der Waals surface area contributed by atoms with Crippen LogP contribution in [-0.2, 0) is 11.3 Å². The summed E-state index contributed by atoms with van der Waals surface area (Å²) in [5.74, 6) is 2.53. The fourth-order valence-corrected chi connectivity index (χ4v) is 4.24. The maximum Gasteiger partial charge on any atom is 0.233 e. The molecule has 0 saturated heterocycles. The van der Waals surface area contributed by atoms with Gasteiger partial charge in [0.15, 0.2) is 11.5 Å². The van der Waals surface area contributed by atoms with Gasteiger partial charge in [-0.2, -0.15) is 0 Å². The molecular formula is C24H24N2O4S. The van der Waals surface area contributed by atoms with Gasteiger partial charge in [-0.1, -0.05) is 30.0 Å². The molecule has 1 aromatic heterocycles. The van der Waals surface area contributed by atoms with Gasteiger partial charge < -0.3 is 19.1 Å². The van der Waals surface area contributed by atoms with Crippen LogP contribution >= 0.6 is 11.8 Å². The van der Waals surface area contributed by atoms with E-state index in [1.165, 1.54) is 11.8 Å². The third-order valence-electron chi connectivity index (χ3n) is 5.06. The summed E-state index contributed by atoms with van der Waals surface area (Å²) < 4.78 is 17.0. The van der Waals surface area contributed by atoms with E-state index in [0.29, 0.717) is 36.9 Å². The Balaban J connectivity index is 1.58. The third kappa shape index (κ3) is 4.94. The molecule has 0 radical (unpaired) electrons. The second-order valence-electron chi connectivity index (χ2n) is 7.02. The minimum absolute atomic E-state index is 0.0536. The second kappa shape index (κ2) is 9.75. The molecule has 0 unspecified atom stereocenters. The van der Waals surface area contributed by atoms with Gasteiger partial charge in [0.2, 0.25) is 5.91 Å². The predicted molar refractivity (Wildman–Crippen MR) is 121 cm³/mol. The monoisotopic (exact) mass is 436 g/mol. The summed E-state index contributed by atoms with van der Waals surface area (Å²) in [4.78, 5) is 19.0. The van der Waals surface area contributed by atoms with E-state index in [0.717, 1.165) is 27.5 Å². The van der Waals surface area contributed by atoms with Gasteiger partial charge in [0.05, 0.1) is 31.5 Å². The smallest absolute Gasteiger partial charge is 0.233 e. The van der Waals surface area contributed by atoms with E-state index in [1.54, 1.807) is 20.4 Å². The molecule has 6 nitrogen and oxygen atoms in total. The minimum atomic E-state index is 0.0536. The maximum atomic E-state index is 12.9. The van der Waals surface area contributed by atoms with Crippen LogP contribution in [-0.4, -0.2) is 48.9 Å². The number of carbonyl (C=O) groups excluding carboxylic acids is 1. The first kappa shape index (κ1) is 21.1. The minimum Gasteiger partial charge on any atom is -0.497 e. The number of amides is 1. The van der Waals surface area contributed by atoms with Crippen molar-refractivity contribution < 1.29 is 19.0 Å². The number of benzene rings is 2. The van der Waals surface area contributed by atoms with E-state index in [1.807, 2.05) is 53.4 Å². The molecule has 0 atom stereocenters. The fourth-order valence-electron chi connectivity index (χ4n) is 3.48. The topological polar surface area (TPSA) is 60.9 Å². The number of ether oxygens (including phenoxy) is 3. The highest BCUT2D eigenvalue weighted by molar-refractivity contribution is 7.99. The van der Waals surface area contributed by atoms with Gasteiger partial charge in [-0.3, -0.25) is 4.79 Å². The molecule has 0 N–H and O–H groups in total. The highest BCUT2D eigenvalue weighted by Crippen LogP contribution is 2.39. The molecule has 0 saturated carbocycles. The zero-order chi connectivity index (χ0) is 21.6. The number of hydrogen-bond acceptors (Lipinski definition) is 6. The van der Waals surface area contributed by atoms with Crippen molar-refractivity contribution in [2.24, 2.45) is 0 Å². The number of nitrogens with zero attached hydrogens (tertiary/aromatic N) is 2. The van der Waals surface area contributed by atoms with Crippen molar-refractivity contribution in [3.05, 3.63) is 66.4 Å². The molecular weight excluding hydrogens is 412 g/mol. The molecule has 0 fully saturated rings. The number of carbonyl (C=O) groups is 1. The number of fused-ring (bicyclic) bond motifs is 1. The van der Waals surface area contributed by atoms with Crippen LogP contribution in [0.2, 0.25) is 0 Å². The summed E-state index contributed by atoms with van der Waals surface area (Å²) in [5, 5.41) is 0.837. The number of methoxy groups -OCH3 is 2. The van der Waals surface area contributed by atoms with Gasteiger partial charge in [0.25, 0.3) is 0 Å². The SMILES string of the molecule is COc1cccc(-c2cc3c(c(OC)c2)OCCN(C(=O)CSc2ccccn2)C3)c1. The number of pyridine rings is 1. The first-order chi connectivity index (χ1) is 15.2. The molecule has 2 heterocycles. The fraction of sp³-hybridized carbons (Fsp3) is 0.250. The number of hydrogen-bond donors (Lipinski definition) is 0. The third-order valence-corrected chi connectivity index (χ3v) is 5.99. The lowest BCUT2D eigenvalue weighted by Crippen LogP contribution is -2.33. The van der Waals surface area contributed by atoms with Crippen molar-refractivity contribution in [2.75, 3.05) is 33.1 Å². The van der Waals surface area contributed by atoms with Crippen LogP contribution in [0.4, 0.5) is 0 Å². The van der Waals surface area contributed by atoms with Gasteiger partial charge in [0, 0.05) is 18.3 Å². The highest BCUT2D eigenvalue weighted by atomic mass is 32.2. The van der Waals surface area contributed by atoms with Crippen molar-refractivity contribution in [3.63, 3.8) is 0 Å². The molecule has 0 spiro atoms. The summed E-state index contributed by atoms with van der Waals surface area (Å²) in [6.45, 7) is 1.40. The van der Waals surface area contributed by atoms with E-state index >= 15 is 0 Å². The molecule has 1 aliphatic heterocycles. The predicted octanol–water partition coefficient (Wildman–Crippen LogP) is 4.28. The summed E-state index contributed by atoms with van der Waals surface area (Å²) >= 11 is 1.44. The molecule has 0 bridgehead atoms. The molecule has 31 heavy (non-hydrogen) atoms. The van der Waals surface area contributed by atoms with Crippen molar-refractivity contribution in [1.82, 2.24) is 9.88 Å². The van der Waals surface area contributed by atoms with Gasteiger partial charge in [0.1, 0.15) is 12.4 Å². The molecule has 0 aliphatic carbocycles. The Kier molecular flexibility index (Phi) is 6.62. The van der Waals surface area contributed by atoms with E-state index in [-0.39, 0.29) is 5.91 Å². The molecule has 7 heteroatoms. The first-order valence-electron chi connectivity index (χ1n) is 9.97. The normalized spacial score (nSPS) is 13.0. The highest BCUT2D eigenvalue weighted by Gasteiger charge is 2.23. The van der Waals surface area contributed by atoms with Crippen LogP contribution in [0, 0.1) is 0 Å². The van der Waals surface area contributed by atoms with Gasteiger partial charge in [-0.25, -0.2) is 4.98 Å². The number of thioether (sulfide) groups is 1.